The first-order chi connectivity index (χ1) is 11.7. The second-order valence-electron chi connectivity index (χ2n) is 5.01. The standard InChI is InChI=1S/C18H22ClN3O2.HI/c1-20-18(22-13-14-5-3-7-16(11-14)23-2)21-9-10-24-17-8-4-6-15(19)12-17;/h3-8,11-12H,9-10,13H2,1-2H3,(H2,20,21,22);1H. The van der Waals surface area contributed by atoms with Crippen LogP contribution in [0.2, 0.25) is 5.02 Å². The summed E-state index contributed by atoms with van der Waals surface area (Å²) in [5.74, 6) is 2.31. The Labute approximate surface area is 170 Å². The van der Waals surface area contributed by atoms with E-state index in [0.29, 0.717) is 30.7 Å². The molecule has 0 fully saturated rings. The monoisotopic (exact) mass is 475 g/mol. The Morgan fingerprint density at radius 3 is 2.56 bits per heavy atom. The van der Waals surface area contributed by atoms with Crippen molar-refractivity contribution in [2.24, 2.45) is 4.99 Å². The molecule has 7 heteroatoms. The van der Waals surface area contributed by atoms with E-state index in [1.807, 2.05) is 42.5 Å². The summed E-state index contributed by atoms with van der Waals surface area (Å²) in [6, 6.07) is 15.2. The maximum Gasteiger partial charge on any atom is 0.191 e. The van der Waals surface area contributed by atoms with Gasteiger partial charge in [-0.25, -0.2) is 0 Å². The van der Waals surface area contributed by atoms with Gasteiger partial charge >= 0.3 is 0 Å². The predicted molar refractivity (Wildman–Crippen MR) is 114 cm³/mol. The molecule has 5 nitrogen and oxygen atoms in total. The Balaban J connectivity index is 0.00000312. The molecule has 0 atom stereocenters. The van der Waals surface area contributed by atoms with Gasteiger partial charge in [-0.3, -0.25) is 4.99 Å². The Kier molecular flexibility index (Phi) is 10.1. The summed E-state index contributed by atoms with van der Waals surface area (Å²) in [4.78, 5) is 4.19. The van der Waals surface area contributed by atoms with Gasteiger partial charge < -0.3 is 20.1 Å². The van der Waals surface area contributed by atoms with Crippen LogP contribution in [0.5, 0.6) is 11.5 Å². The van der Waals surface area contributed by atoms with Gasteiger partial charge in [0.25, 0.3) is 0 Å². The molecule has 2 aromatic rings. The van der Waals surface area contributed by atoms with E-state index >= 15 is 0 Å². The molecule has 0 amide bonds. The van der Waals surface area contributed by atoms with E-state index in [1.165, 1.54) is 0 Å². The fraction of sp³-hybridized carbons (Fsp3) is 0.278. The van der Waals surface area contributed by atoms with E-state index < -0.39 is 0 Å². The number of hydrogen-bond donors (Lipinski definition) is 2. The topological polar surface area (TPSA) is 54.9 Å². The zero-order chi connectivity index (χ0) is 17.2. The van der Waals surface area contributed by atoms with Crippen LogP contribution in [0.15, 0.2) is 53.5 Å². The highest BCUT2D eigenvalue weighted by molar-refractivity contribution is 14.0. The molecule has 0 bridgehead atoms. The second kappa shape index (κ2) is 11.8. The van der Waals surface area contributed by atoms with E-state index in [2.05, 4.69) is 15.6 Å². The van der Waals surface area contributed by atoms with Crippen molar-refractivity contribution in [2.45, 2.75) is 6.54 Å². The van der Waals surface area contributed by atoms with Crippen molar-refractivity contribution in [3.8, 4) is 11.5 Å². The van der Waals surface area contributed by atoms with E-state index in [0.717, 1.165) is 17.1 Å². The van der Waals surface area contributed by atoms with Gasteiger partial charge in [0.05, 0.1) is 13.7 Å². The molecule has 0 aromatic heterocycles. The second-order valence-corrected chi connectivity index (χ2v) is 5.45. The first-order valence-electron chi connectivity index (χ1n) is 7.67. The maximum atomic E-state index is 5.92. The SMILES string of the molecule is CN=C(NCCOc1cccc(Cl)c1)NCc1cccc(OC)c1.I. The van der Waals surface area contributed by atoms with Gasteiger partial charge in [-0.1, -0.05) is 29.8 Å². The average Bonchev–Trinajstić information content (AvgIpc) is 2.61. The highest BCUT2D eigenvalue weighted by Gasteiger charge is 2.00. The molecular formula is C18H23ClIN3O2. The molecule has 0 aliphatic carbocycles. The first kappa shape index (κ1) is 21.4. The summed E-state index contributed by atoms with van der Waals surface area (Å²) >= 11 is 5.92. The molecule has 0 saturated heterocycles. The highest BCUT2D eigenvalue weighted by Crippen LogP contribution is 2.16. The Morgan fingerprint density at radius 1 is 1.08 bits per heavy atom. The van der Waals surface area contributed by atoms with Gasteiger partial charge in [-0.05, 0) is 35.9 Å². The third-order valence-corrected chi connectivity index (χ3v) is 3.51. The normalized spacial score (nSPS) is 10.6. The zero-order valence-corrected chi connectivity index (χ0v) is 17.4. The lowest BCUT2D eigenvalue weighted by Crippen LogP contribution is -2.38. The number of rotatable bonds is 7. The number of aliphatic imine (C=N–C) groups is 1. The molecule has 2 rings (SSSR count). The Bertz CT molecular complexity index is 683. The van der Waals surface area contributed by atoms with Crippen molar-refractivity contribution < 1.29 is 9.47 Å². The van der Waals surface area contributed by atoms with Crippen LogP contribution >= 0.6 is 35.6 Å². The number of benzene rings is 2. The van der Waals surface area contributed by atoms with Crippen LogP contribution in [-0.4, -0.2) is 33.3 Å². The smallest absolute Gasteiger partial charge is 0.191 e. The molecule has 2 aromatic carbocycles. The maximum absolute atomic E-state index is 5.92. The summed E-state index contributed by atoms with van der Waals surface area (Å²) in [6.45, 7) is 1.80. The number of nitrogens with one attached hydrogen (secondary N) is 2. The summed E-state index contributed by atoms with van der Waals surface area (Å²) in [6.07, 6.45) is 0. The van der Waals surface area contributed by atoms with Gasteiger partial charge in [-0.15, -0.1) is 24.0 Å². The van der Waals surface area contributed by atoms with Gasteiger partial charge in [0, 0.05) is 18.6 Å². The molecule has 0 saturated carbocycles. The van der Waals surface area contributed by atoms with Crippen LogP contribution in [0.1, 0.15) is 5.56 Å². The lowest BCUT2D eigenvalue weighted by atomic mass is 10.2. The third kappa shape index (κ3) is 7.83. The van der Waals surface area contributed by atoms with Crippen molar-refractivity contribution in [1.82, 2.24) is 10.6 Å². The van der Waals surface area contributed by atoms with Crippen molar-refractivity contribution >= 4 is 41.5 Å². The van der Waals surface area contributed by atoms with Gasteiger partial charge in [0.15, 0.2) is 5.96 Å². The molecule has 0 radical (unpaired) electrons. The van der Waals surface area contributed by atoms with Gasteiger partial charge in [-0.2, -0.15) is 0 Å². The van der Waals surface area contributed by atoms with Gasteiger partial charge in [0.2, 0.25) is 0 Å². The number of ether oxygens (including phenoxy) is 2. The lowest BCUT2D eigenvalue weighted by Gasteiger charge is -2.13. The number of nitrogens with zero attached hydrogens (tertiary/aromatic N) is 1. The molecule has 0 unspecified atom stereocenters. The first-order valence-corrected chi connectivity index (χ1v) is 8.05. The van der Waals surface area contributed by atoms with Crippen molar-refractivity contribution in [2.75, 3.05) is 27.3 Å². The molecule has 2 N–H and O–H groups in total. The van der Waals surface area contributed by atoms with Crippen molar-refractivity contribution in [3.63, 3.8) is 0 Å². The van der Waals surface area contributed by atoms with Crippen molar-refractivity contribution in [1.29, 1.82) is 0 Å². The molecule has 0 spiro atoms. The molecule has 0 heterocycles. The average molecular weight is 476 g/mol. The summed E-state index contributed by atoms with van der Waals surface area (Å²) in [5, 5.41) is 7.12. The van der Waals surface area contributed by atoms with Gasteiger partial charge in [0.1, 0.15) is 18.1 Å². The predicted octanol–water partition coefficient (Wildman–Crippen LogP) is 3.71. The third-order valence-electron chi connectivity index (χ3n) is 3.28. The Morgan fingerprint density at radius 2 is 1.84 bits per heavy atom. The number of guanidine groups is 1. The fourth-order valence-electron chi connectivity index (χ4n) is 2.08. The minimum absolute atomic E-state index is 0. The largest absolute Gasteiger partial charge is 0.497 e. The van der Waals surface area contributed by atoms with E-state index in [-0.39, 0.29) is 24.0 Å². The number of methoxy groups -OCH3 is 1. The van der Waals surface area contributed by atoms with Crippen molar-refractivity contribution in [3.05, 3.63) is 59.1 Å². The number of halogens is 2. The Hall–Kier alpha value is -1.67. The summed E-state index contributed by atoms with van der Waals surface area (Å²) in [7, 11) is 3.39. The molecule has 0 aliphatic rings. The summed E-state index contributed by atoms with van der Waals surface area (Å²) < 4.78 is 10.8. The van der Waals surface area contributed by atoms with Crippen LogP contribution < -0.4 is 20.1 Å². The van der Waals surface area contributed by atoms with Crippen LogP contribution in [0.4, 0.5) is 0 Å². The van der Waals surface area contributed by atoms with Crippen LogP contribution in [0.3, 0.4) is 0 Å². The molecule has 0 aliphatic heterocycles. The molecule has 136 valence electrons. The minimum atomic E-state index is 0. The lowest BCUT2D eigenvalue weighted by molar-refractivity contribution is 0.322. The number of hydrogen-bond acceptors (Lipinski definition) is 3. The molecule has 25 heavy (non-hydrogen) atoms. The van der Waals surface area contributed by atoms with E-state index in [4.69, 9.17) is 21.1 Å². The molecular weight excluding hydrogens is 453 g/mol. The highest BCUT2D eigenvalue weighted by atomic mass is 127. The van der Waals surface area contributed by atoms with Crippen LogP contribution in [0, 0.1) is 0 Å². The van der Waals surface area contributed by atoms with Crippen LogP contribution in [-0.2, 0) is 6.54 Å². The zero-order valence-electron chi connectivity index (χ0n) is 14.3. The summed E-state index contributed by atoms with van der Waals surface area (Å²) in [5.41, 5.74) is 1.12. The minimum Gasteiger partial charge on any atom is -0.497 e. The van der Waals surface area contributed by atoms with E-state index in [9.17, 15) is 0 Å². The fourth-order valence-corrected chi connectivity index (χ4v) is 2.26. The quantitative estimate of drug-likeness (QED) is 0.277. The van der Waals surface area contributed by atoms with E-state index in [1.54, 1.807) is 20.2 Å². The van der Waals surface area contributed by atoms with Crippen LogP contribution in [0.25, 0.3) is 0 Å².